The summed E-state index contributed by atoms with van der Waals surface area (Å²) < 4.78 is 16.2. The molecule has 29 heavy (non-hydrogen) atoms. The standard InChI is InChI=1S/C22H24N2O5/c1-14(2)17-6-4-5-15(3)22(17)27-12-21(26)24-23-20(25)10-8-16-7-9-18-19(11-16)29-13-28-18/h4-11,14H,12-13H2,1-3H3,(H,23,25)(H,24,26). The van der Waals surface area contributed by atoms with Gasteiger partial charge in [-0.1, -0.05) is 38.1 Å². The van der Waals surface area contributed by atoms with Crippen LogP contribution in [0.3, 0.4) is 0 Å². The van der Waals surface area contributed by atoms with Crippen LogP contribution in [-0.4, -0.2) is 25.2 Å². The van der Waals surface area contributed by atoms with Gasteiger partial charge in [-0.05, 0) is 47.7 Å². The van der Waals surface area contributed by atoms with Gasteiger partial charge in [-0.25, -0.2) is 0 Å². The van der Waals surface area contributed by atoms with E-state index in [4.69, 9.17) is 14.2 Å². The maximum Gasteiger partial charge on any atom is 0.276 e. The van der Waals surface area contributed by atoms with Crippen molar-refractivity contribution in [1.82, 2.24) is 10.9 Å². The number of nitrogens with one attached hydrogen (secondary N) is 2. The number of rotatable bonds is 6. The van der Waals surface area contributed by atoms with Crippen LogP contribution in [0.25, 0.3) is 6.08 Å². The molecule has 2 amide bonds. The Bertz CT molecular complexity index is 937. The smallest absolute Gasteiger partial charge is 0.276 e. The SMILES string of the molecule is Cc1cccc(C(C)C)c1OCC(=O)NNC(=O)C=Cc1ccc2c(c1)OCO2. The van der Waals surface area contributed by atoms with E-state index in [1.807, 2.05) is 25.1 Å². The molecule has 0 fully saturated rings. The van der Waals surface area contributed by atoms with Gasteiger partial charge in [0.05, 0.1) is 0 Å². The van der Waals surface area contributed by atoms with Gasteiger partial charge in [0.1, 0.15) is 5.75 Å². The molecule has 2 aromatic rings. The number of hydrogen-bond donors (Lipinski definition) is 2. The van der Waals surface area contributed by atoms with Gasteiger partial charge < -0.3 is 14.2 Å². The Morgan fingerprint density at radius 3 is 2.72 bits per heavy atom. The summed E-state index contributed by atoms with van der Waals surface area (Å²) >= 11 is 0. The summed E-state index contributed by atoms with van der Waals surface area (Å²) in [5.41, 5.74) is 7.44. The minimum absolute atomic E-state index is 0.193. The van der Waals surface area contributed by atoms with Gasteiger partial charge in [0, 0.05) is 6.08 Å². The molecule has 0 atom stereocenters. The average molecular weight is 396 g/mol. The zero-order chi connectivity index (χ0) is 20.8. The first kappa shape index (κ1) is 20.3. The van der Waals surface area contributed by atoms with Crippen LogP contribution < -0.4 is 25.1 Å². The molecule has 0 spiro atoms. The number of para-hydroxylation sites is 1. The van der Waals surface area contributed by atoms with Crippen molar-refractivity contribution in [3.63, 3.8) is 0 Å². The lowest BCUT2D eigenvalue weighted by Crippen LogP contribution is -2.43. The third kappa shape index (κ3) is 5.28. The number of carbonyl (C=O) groups excluding carboxylic acids is 2. The molecule has 2 aromatic carbocycles. The van der Waals surface area contributed by atoms with Crippen LogP contribution in [0.15, 0.2) is 42.5 Å². The quantitative estimate of drug-likeness (QED) is 0.579. The van der Waals surface area contributed by atoms with Crippen LogP contribution in [0.1, 0.15) is 36.5 Å². The first-order valence-corrected chi connectivity index (χ1v) is 9.33. The van der Waals surface area contributed by atoms with E-state index in [0.717, 1.165) is 16.7 Å². The topological polar surface area (TPSA) is 85.9 Å². The van der Waals surface area contributed by atoms with Crippen LogP contribution in [-0.2, 0) is 9.59 Å². The molecule has 0 saturated carbocycles. The Labute approximate surface area is 169 Å². The van der Waals surface area contributed by atoms with Crippen molar-refractivity contribution in [2.45, 2.75) is 26.7 Å². The van der Waals surface area contributed by atoms with Crippen molar-refractivity contribution in [2.24, 2.45) is 0 Å². The van der Waals surface area contributed by atoms with Gasteiger partial charge in [-0.15, -0.1) is 0 Å². The van der Waals surface area contributed by atoms with Crippen molar-refractivity contribution >= 4 is 17.9 Å². The first-order valence-electron chi connectivity index (χ1n) is 9.33. The fourth-order valence-corrected chi connectivity index (χ4v) is 2.86. The Balaban J connectivity index is 1.48. The molecule has 0 radical (unpaired) electrons. The summed E-state index contributed by atoms with van der Waals surface area (Å²) in [6.07, 6.45) is 2.93. The van der Waals surface area contributed by atoms with Crippen LogP contribution in [0.2, 0.25) is 0 Å². The van der Waals surface area contributed by atoms with Crippen molar-refractivity contribution in [3.8, 4) is 17.2 Å². The molecule has 0 aromatic heterocycles. The largest absolute Gasteiger partial charge is 0.483 e. The van der Waals surface area contributed by atoms with E-state index in [2.05, 4.69) is 24.7 Å². The van der Waals surface area contributed by atoms with Gasteiger partial charge in [-0.3, -0.25) is 20.4 Å². The van der Waals surface area contributed by atoms with Crippen molar-refractivity contribution in [2.75, 3.05) is 13.4 Å². The summed E-state index contributed by atoms with van der Waals surface area (Å²) in [5.74, 6) is 1.37. The van der Waals surface area contributed by atoms with E-state index >= 15 is 0 Å². The Hall–Kier alpha value is -3.48. The van der Waals surface area contributed by atoms with Crippen molar-refractivity contribution < 1.29 is 23.8 Å². The number of amides is 2. The second-order valence-electron chi connectivity index (χ2n) is 6.92. The Kier molecular flexibility index (Phi) is 6.39. The van der Waals surface area contributed by atoms with Crippen molar-refractivity contribution in [3.05, 3.63) is 59.2 Å². The van der Waals surface area contributed by atoms with Crippen LogP contribution in [0.5, 0.6) is 17.2 Å². The maximum absolute atomic E-state index is 12.0. The molecule has 0 unspecified atom stereocenters. The van der Waals surface area contributed by atoms with Gasteiger partial charge in [-0.2, -0.15) is 0 Å². The predicted molar refractivity (Wildman–Crippen MR) is 109 cm³/mol. The number of hydrogen-bond acceptors (Lipinski definition) is 5. The number of aryl methyl sites for hydroxylation is 1. The normalized spacial score (nSPS) is 12.3. The molecule has 1 aliphatic heterocycles. The maximum atomic E-state index is 12.0. The lowest BCUT2D eigenvalue weighted by Gasteiger charge is -2.16. The van der Waals surface area contributed by atoms with E-state index in [9.17, 15) is 9.59 Å². The van der Waals surface area contributed by atoms with E-state index in [1.165, 1.54) is 6.08 Å². The monoisotopic (exact) mass is 396 g/mol. The summed E-state index contributed by atoms with van der Waals surface area (Å²) in [5, 5.41) is 0. The molecule has 0 aliphatic carbocycles. The summed E-state index contributed by atoms with van der Waals surface area (Å²) in [4.78, 5) is 23.9. The van der Waals surface area contributed by atoms with Gasteiger partial charge in [0.2, 0.25) is 6.79 Å². The van der Waals surface area contributed by atoms with E-state index in [1.54, 1.807) is 24.3 Å². The highest BCUT2D eigenvalue weighted by atomic mass is 16.7. The summed E-state index contributed by atoms with van der Waals surface area (Å²) in [6.45, 7) is 6.06. The van der Waals surface area contributed by atoms with Crippen molar-refractivity contribution in [1.29, 1.82) is 0 Å². The zero-order valence-corrected chi connectivity index (χ0v) is 16.7. The lowest BCUT2D eigenvalue weighted by molar-refractivity contribution is -0.128. The van der Waals surface area contributed by atoms with E-state index in [-0.39, 0.29) is 19.3 Å². The average Bonchev–Trinajstić information content (AvgIpc) is 3.17. The third-order valence-electron chi connectivity index (χ3n) is 4.36. The highest BCUT2D eigenvalue weighted by molar-refractivity contribution is 5.93. The Morgan fingerprint density at radius 2 is 1.93 bits per heavy atom. The Morgan fingerprint density at radius 1 is 1.14 bits per heavy atom. The molecular weight excluding hydrogens is 372 g/mol. The van der Waals surface area contributed by atoms with Crippen LogP contribution in [0, 0.1) is 6.92 Å². The molecule has 1 aliphatic rings. The number of carbonyl (C=O) groups is 2. The first-order chi connectivity index (χ1) is 13.9. The summed E-state index contributed by atoms with van der Waals surface area (Å²) in [7, 11) is 0. The molecule has 7 heteroatoms. The molecular formula is C22H24N2O5. The fourth-order valence-electron chi connectivity index (χ4n) is 2.86. The number of ether oxygens (including phenoxy) is 3. The highest BCUT2D eigenvalue weighted by Gasteiger charge is 2.13. The molecule has 0 saturated heterocycles. The number of fused-ring (bicyclic) bond motifs is 1. The van der Waals surface area contributed by atoms with E-state index < -0.39 is 11.8 Å². The molecule has 2 N–H and O–H groups in total. The van der Waals surface area contributed by atoms with Gasteiger partial charge in [0.25, 0.3) is 11.8 Å². The third-order valence-corrected chi connectivity index (χ3v) is 4.36. The predicted octanol–water partition coefficient (Wildman–Crippen LogP) is 3.09. The number of hydrazine groups is 1. The molecule has 3 rings (SSSR count). The lowest BCUT2D eigenvalue weighted by atomic mass is 10.00. The minimum atomic E-state index is -0.463. The van der Waals surface area contributed by atoms with Crippen LogP contribution >= 0.6 is 0 Å². The zero-order valence-electron chi connectivity index (χ0n) is 16.7. The fraction of sp³-hybridized carbons (Fsp3) is 0.273. The second kappa shape index (κ2) is 9.14. The molecule has 7 nitrogen and oxygen atoms in total. The minimum Gasteiger partial charge on any atom is -0.483 e. The second-order valence-corrected chi connectivity index (χ2v) is 6.92. The van der Waals surface area contributed by atoms with Gasteiger partial charge >= 0.3 is 0 Å². The molecule has 1 heterocycles. The molecule has 0 bridgehead atoms. The van der Waals surface area contributed by atoms with E-state index in [0.29, 0.717) is 17.2 Å². The molecule has 152 valence electrons. The number of benzene rings is 2. The summed E-state index contributed by atoms with van der Waals surface area (Å²) in [6, 6.07) is 11.2. The van der Waals surface area contributed by atoms with Gasteiger partial charge in [0.15, 0.2) is 18.1 Å². The van der Waals surface area contributed by atoms with Crippen LogP contribution in [0.4, 0.5) is 0 Å². The highest BCUT2D eigenvalue weighted by Crippen LogP contribution is 2.32.